The van der Waals surface area contributed by atoms with Crippen LogP contribution in [-0.2, 0) is 8.85 Å². The lowest BCUT2D eigenvalue weighted by atomic mass is 10.1. The number of hydrogen-bond donors (Lipinski definition) is 0. The molecule has 2 aromatic carbocycles. The van der Waals surface area contributed by atoms with Crippen molar-refractivity contribution in [3.05, 3.63) is 54.1 Å². The molecular weight excluding hydrogens is 314 g/mol. The van der Waals surface area contributed by atoms with Crippen LogP contribution < -0.4 is 5.19 Å². The molecule has 0 saturated heterocycles. The van der Waals surface area contributed by atoms with Gasteiger partial charge in [-0.15, -0.1) is 0 Å². The minimum Gasteiger partial charge on any atom is -0.390 e. The zero-order chi connectivity index (χ0) is 16.7. The molecule has 0 saturated carbocycles. The molecule has 0 aliphatic rings. The highest BCUT2D eigenvalue weighted by molar-refractivity contribution is 6.61. The summed E-state index contributed by atoms with van der Waals surface area (Å²) in [5.41, 5.74) is 1.48. The first-order valence-electron chi connectivity index (χ1n) is 7.84. The predicted molar refractivity (Wildman–Crippen MR) is 89.7 cm³/mol. The van der Waals surface area contributed by atoms with Gasteiger partial charge in [0.05, 0.1) is 0 Å². The Morgan fingerprint density at radius 3 is 1.87 bits per heavy atom. The maximum atomic E-state index is 13.3. The van der Waals surface area contributed by atoms with Crippen molar-refractivity contribution in [1.82, 2.24) is 0 Å². The molecule has 0 aromatic heterocycles. The molecular formula is C18H21F2O2Si. The maximum absolute atomic E-state index is 13.3. The molecule has 1 radical (unpaired) electrons. The molecule has 0 atom stereocenters. The van der Waals surface area contributed by atoms with Gasteiger partial charge in [0.25, 0.3) is 0 Å². The van der Waals surface area contributed by atoms with Crippen LogP contribution in [0.4, 0.5) is 8.78 Å². The zero-order valence-corrected chi connectivity index (χ0v) is 14.4. The summed E-state index contributed by atoms with van der Waals surface area (Å²) < 4.78 is 38.0. The second kappa shape index (κ2) is 8.91. The van der Waals surface area contributed by atoms with E-state index in [1.54, 1.807) is 6.07 Å². The van der Waals surface area contributed by atoms with Gasteiger partial charge in [0, 0.05) is 13.2 Å². The summed E-state index contributed by atoms with van der Waals surface area (Å²) in [4.78, 5) is 0. The van der Waals surface area contributed by atoms with Crippen molar-refractivity contribution in [2.45, 2.75) is 26.7 Å². The van der Waals surface area contributed by atoms with Crippen molar-refractivity contribution < 1.29 is 17.6 Å². The number of benzene rings is 2. The van der Waals surface area contributed by atoms with Gasteiger partial charge in [0.1, 0.15) is 0 Å². The molecule has 23 heavy (non-hydrogen) atoms. The van der Waals surface area contributed by atoms with Gasteiger partial charge in [-0.1, -0.05) is 44.2 Å². The largest absolute Gasteiger partial charge is 0.423 e. The predicted octanol–water partition coefficient (Wildman–Crippen LogP) is 4.18. The molecule has 0 amide bonds. The van der Waals surface area contributed by atoms with Gasteiger partial charge >= 0.3 is 9.28 Å². The monoisotopic (exact) mass is 335 g/mol. The third kappa shape index (κ3) is 4.96. The van der Waals surface area contributed by atoms with Crippen LogP contribution in [-0.4, -0.2) is 22.5 Å². The lowest BCUT2D eigenvalue weighted by molar-refractivity contribution is 0.207. The van der Waals surface area contributed by atoms with E-state index >= 15 is 0 Å². The molecule has 5 heteroatoms. The molecule has 2 aromatic rings. The van der Waals surface area contributed by atoms with Crippen molar-refractivity contribution in [2.75, 3.05) is 13.2 Å². The Balaban J connectivity index is 2.16. The first kappa shape index (κ1) is 17.8. The van der Waals surface area contributed by atoms with E-state index < -0.39 is 20.9 Å². The fourth-order valence-corrected chi connectivity index (χ4v) is 3.71. The molecule has 2 nitrogen and oxygen atoms in total. The van der Waals surface area contributed by atoms with Crippen LogP contribution in [0.5, 0.6) is 0 Å². The molecule has 0 unspecified atom stereocenters. The Hall–Kier alpha value is -1.56. The van der Waals surface area contributed by atoms with Crippen LogP contribution in [0.2, 0.25) is 0 Å². The molecule has 123 valence electrons. The van der Waals surface area contributed by atoms with Crippen molar-refractivity contribution in [1.29, 1.82) is 0 Å². The number of rotatable bonds is 8. The summed E-state index contributed by atoms with van der Waals surface area (Å²) >= 11 is 0. The highest BCUT2D eigenvalue weighted by atomic mass is 28.3. The Morgan fingerprint density at radius 1 is 0.783 bits per heavy atom. The molecule has 0 fully saturated rings. The first-order valence-corrected chi connectivity index (χ1v) is 9.15. The van der Waals surface area contributed by atoms with Gasteiger partial charge in [0.15, 0.2) is 11.6 Å². The molecule has 0 N–H and O–H groups in total. The number of hydrogen-bond acceptors (Lipinski definition) is 2. The SMILES string of the molecule is CCCO[Si](OCCC)c1ccc(-c2ccc(F)c(F)c2)cc1. The van der Waals surface area contributed by atoms with Crippen LogP contribution in [0.1, 0.15) is 26.7 Å². The zero-order valence-electron chi connectivity index (χ0n) is 13.4. The van der Waals surface area contributed by atoms with Crippen molar-refractivity contribution >= 4 is 14.5 Å². The minimum absolute atomic E-state index is 0.646. The van der Waals surface area contributed by atoms with E-state index in [9.17, 15) is 8.78 Å². The number of halogens is 2. The van der Waals surface area contributed by atoms with Gasteiger partial charge in [0.2, 0.25) is 0 Å². The van der Waals surface area contributed by atoms with Gasteiger partial charge in [-0.2, -0.15) is 0 Å². The molecule has 0 heterocycles. The summed E-state index contributed by atoms with van der Waals surface area (Å²) in [5, 5.41) is 1.02. The average Bonchev–Trinajstić information content (AvgIpc) is 2.58. The van der Waals surface area contributed by atoms with Gasteiger partial charge in [-0.3, -0.25) is 0 Å². The molecule has 0 bridgehead atoms. The average molecular weight is 335 g/mol. The standard InChI is InChI=1S/C18H21F2O2Si/c1-3-11-21-23(22-12-4-2)16-8-5-14(6-9-16)15-7-10-17(19)18(20)13-15/h5-10,13H,3-4,11-12H2,1-2H3. The van der Waals surface area contributed by atoms with E-state index in [2.05, 4.69) is 13.8 Å². The van der Waals surface area contributed by atoms with E-state index in [1.807, 2.05) is 24.3 Å². The Kier molecular flexibility index (Phi) is 6.89. The van der Waals surface area contributed by atoms with Gasteiger partial charge < -0.3 is 8.85 Å². The Morgan fingerprint density at radius 2 is 1.35 bits per heavy atom. The highest BCUT2D eigenvalue weighted by Crippen LogP contribution is 2.20. The van der Waals surface area contributed by atoms with Crippen molar-refractivity contribution in [3.8, 4) is 11.1 Å². The Labute approximate surface area is 137 Å². The lowest BCUT2D eigenvalue weighted by Gasteiger charge is -2.15. The van der Waals surface area contributed by atoms with Gasteiger partial charge in [-0.05, 0) is 41.3 Å². The fourth-order valence-electron chi connectivity index (χ4n) is 2.07. The smallest absolute Gasteiger partial charge is 0.390 e. The lowest BCUT2D eigenvalue weighted by Crippen LogP contribution is -2.37. The summed E-state index contributed by atoms with van der Waals surface area (Å²) in [7, 11) is -1.49. The van der Waals surface area contributed by atoms with E-state index in [-0.39, 0.29) is 0 Å². The van der Waals surface area contributed by atoms with E-state index in [0.717, 1.165) is 29.7 Å². The van der Waals surface area contributed by atoms with Crippen molar-refractivity contribution in [2.24, 2.45) is 0 Å². The van der Waals surface area contributed by atoms with Crippen LogP contribution in [0.25, 0.3) is 11.1 Å². The quantitative estimate of drug-likeness (QED) is 0.674. The van der Waals surface area contributed by atoms with E-state index in [1.165, 1.54) is 6.07 Å². The third-order valence-corrected chi connectivity index (χ3v) is 4.99. The van der Waals surface area contributed by atoms with Crippen molar-refractivity contribution in [3.63, 3.8) is 0 Å². The molecule has 0 aliphatic carbocycles. The van der Waals surface area contributed by atoms with Gasteiger partial charge in [-0.25, -0.2) is 8.78 Å². The maximum Gasteiger partial charge on any atom is 0.423 e. The summed E-state index contributed by atoms with van der Waals surface area (Å²) in [5.74, 6) is -1.68. The second-order valence-electron chi connectivity index (χ2n) is 5.19. The molecule has 2 rings (SSSR count). The molecule has 0 spiro atoms. The molecule has 0 aliphatic heterocycles. The van der Waals surface area contributed by atoms with Crippen LogP contribution in [0.3, 0.4) is 0 Å². The summed E-state index contributed by atoms with van der Waals surface area (Å²) in [6.45, 7) is 5.46. The normalized spacial score (nSPS) is 11.2. The minimum atomic E-state index is -1.49. The van der Waals surface area contributed by atoms with Crippen LogP contribution >= 0.6 is 0 Å². The highest BCUT2D eigenvalue weighted by Gasteiger charge is 2.18. The summed E-state index contributed by atoms with van der Waals surface area (Å²) in [6.07, 6.45) is 1.88. The summed E-state index contributed by atoms with van der Waals surface area (Å²) in [6, 6.07) is 11.6. The fraction of sp³-hybridized carbons (Fsp3) is 0.333. The van der Waals surface area contributed by atoms with Crippen LogP contribution in [0, 0.1) is 11.6 Å². The van der Waals surface area contributed by atoms with E-state index in [4.69, 9.17) is 8.85 Å². The van der Waals surface area contributed by atoms with Crippen LogP contribution in [0.15, 0.2) is 42.5 Å². The third-order valence-electron chi connectivity index (χ3n) is 3.25. The first-order chi connectivity index (χ1) is 11.2. The Bertz CT molecular complexity index is 609. The second-order valence-corrected chi connectivity index (χ2v) is 6.92. The topological polar surface area (TPSA) is 18.5 Å². The van der Waals surface area contributed by atoms with E-state index in [0.29, 0.717) is 18.8 Å².